The number of unbranched alkanes of at least 4 members (excludes halogenated alkanes) is 23. The van der Waals surface area contributed by atoms with Crippen LogP contribution in [0.1, 0.15) is 245 Å². The van der Waals surface area contributed by atoms with Crippen molar-refractivity contribution in [1.29, 1.82) is 0 Å². The quantitative estimate of drug-likeness (QED) is 0.0322. The summed E-state index contributed by atoms with van der Waals surface area (Å²) in [4.78, 5) is 26.1. The fourth-order valence-electron chi connectivity index (χ4n) is 7.54. The summed E-state index contributed by atoms with van der Waals surface area (Å²) in [5.41, 5.74) is 0. The van der Waals surface area contributed by atoms with Gasteiger partial charge in [0, 0.05) is 6.42 Å². The molecule has 0 aliphatic rings. The van der Waals surface area contributed by atoms with E-state index in [0.29, 0.717) is 19.3 Å². The molecule has 0 rings (SSSR count). The molecule has 6 nitrogen and oxygen atoms in total. The van der Waals surface area contributed by atoms with E-state index in [9.17, 15) is 19.8 Å². The maximum absolute atomic E-state index is 13.2. The lowest BCUT2D eigenvalue weighted by Gasteiger charge is -2.24. The van der Waals surface area contributed by atoms with E-state index in [4.69, 9.17) is 4.74 Å². The molecule has 0 aromatic rings. The zero-order valence-corrected chi connectivity index (χ0v) is 39.6. The van der Waals surface area contributed by atoms with E-state index in [0.717, 1.165) is 109 Å². The van der Waals surface area contributed by atoms with Gasteiger partial charge in [0.2, 0.25) is 5.91 Å². The molecule has 3 unspecified atom stereocenters. The van der Waals surface area contributed by atoms with Crippen molar-refractivity contribution < 1.29 is 24.5 Å². The summed E-state index contributed by atoms with van der Waals surface area (Å²) in [5, 5.41) is 23.8. The number of hydrogen-bond acceptors (Lipinski definition) is 5. The normalized spacial score (nSPS) is 13.8. The van der Waals surface area contributed by atoms with Crippen LogP contribution in [0.5, 0.6) is 0 Å². The molecule has 6 heteroatoms. The molecule has 0 spiro atoms. The number of hydrogen-bond donors (Lipinski definition) is 3. The Labute approximate surface area is 371 Å². The summed E-state index contributed by atoms with van der Waals surface area (Å²) in [7, 11) is 0. The maximum Gasteiger partial charge on any atom is 0.306 e. The number of esters is 1. The van der Waals surface area contributed by atoms with Crippen LogP contribution in [0.2, 0.25) is 0 Å². The second-order valence-corrected chi connectivity index (χ2v) is 17.2. The number of carbonyl (C=O) groups excluding carboxylic acids is 2. The van der Waals surface area contributed by atoms with Gasteiger partial charge < -0.3 is 20.3 Å². The highest BCUT2D eigenvalue weighted by Crippen LogP contribution is 2.18. The summed E-state index contributed by atoms with van der Waals surface area (Å²) in [6, 6.07) is -0.711. The highest BCUT2D eigenvalue weighted by atomic mass is 16.5. The van der Waals surface area contributed by atoms with E-state index in [1.165, 1.54) is 89.9 Å². The van der Waals surface area contributed by atoms with Gasteiger partial charge in [0.05, 0.1) is 25.2 Å². The van der Waals surface area contributed by atoms with Gasteiger partial charge in [-0.3, -0.25) is 9.59 Å². The van der Waals surface area contributed by atoms with Gasteiger partial charge in [-0.1, -0.05) is 210 Å². The number of rotatable bonds is 45. The summed E-state index contributed by atoms with van der Waals surface area (Å²) >= 11 is 0. The molecule has 0 aliphatic carbocycles. The number of ether oxygens (including phenoxy) is 1. The van der Waals surface area contributed by atoms with Gasteiger partial charge in [0.25, 0.3) is 0 Å². The first-order valence-electron chi connectivity index (χ1n) is 25.5. The van der Waals surface area contributed by atoms with Crippen LogP contribution in [-0.2, 0) is 14.3 Å². The number of nitrogens with one attached hydrogen (secondary N) is 1. The number of amides is 1. The standard InChI is InChI=1S/C54H97NO5/c1-4-7-10-13-16-19-22-25-28-30-33-36-39-42-45-50(60-54(59)47-44-41-38-35-32-29-26-23-20-17-14-11-8-5-2)48-53(58)55-51(49-56)52(57)46-43-40-37-34-31-27-24-21-18-15-12-9-6-3/h7-8,10-11,16-17,19-20,25,28,50-52,56-57H,4-6,9,12-15,18,21-24,26-27,29-49H2,1-3H3,(H,55,58)/b10-7+,11-8+,19-16+,20-17+,28-25+. The van der Waals surface area contributed by atoms with Crippen molar-refractivity contribution >= 4 is 11.9 Å². The Morgan fingerprint density at radius 3 is 1.37 bits per heavy atom. The van der Waals surface area contributed by atoms with E-state index in [1.54, 1.807) is 0 Å². The zero-order chi connectivity index (χ0) is 43.8. The van der Waals surface area contributed by atoms with Crippen molar-refractivity contribution in [2.45, 2.75) is 264 Å². The van der Waals surface area contributed by atoms with Gasteiger partial charge in [0.15, 0.2) is 0 Å². The molecular weight excluding hydrogens is 743 g/mol. The Morgan fingerprint density at radius 1 is 0.500 bits per heavy atom. The highest BCUT2D eigenvalue weighted by molar-refractivity contribution is 5.77. The van der Waals surface area contributed by atoms with Gasteiger partial charge in [0.1, 0.15) is 6.10 Å². The van der Waals surface area contributed by atoms with Crippen molar-refractivity contribution in [3.63, 3.8) is 0 Å². The predicted octanol–water partition coefficient (Wildman–Crippen LogP) is 15.2. The van der Waals surface area contributed by atoms with Gasteiger partial charge in [-0.05, 0) is 83.5 Å². The lowest BCUT2D eigenvalue weighted by atomic mass is 10.0. The summed E-state index contributed by atoms with van der Waals surface area (Å²) in [5.74, 6) is -0.504. The third-order valence-electron chi connectivity index (χ3n) is 11.3. The van der Waals surface area contributed by atoms with Crippen molar-refractivity contribution in [1.82, 2.24) is 5.32 Å². The molecular formula is C54H97NO5. The first-order chi connectivity index (χ1) is 29.5. The van der Waals surface area contributed by atoms with Crippen LogP contribution in [-0.4, -0.2) is 46.9 Å². The largest absolute Gasteiger partial charge is 0.462 e. The fourth-order valence-corrected chi connectivity index (χ4v) is 7.54. The minimum Gasteiger partial charge on any atom is -0.462 e. The van der Waals surface area contributed by atoms with Crippen LogP contribution >= 0.6 is 0 Å². The van der Waals surface area contributed by atoms with Crippen molar-refractivity contribution in [2.24, 2.45) is 0 Å². The minimum absolute atomic E-state index is 0.0584. The molecule has 348 valence electrons. The average molecular weight is 840 g/mol. The third-order valence-corrected chi connectivity index (χ3v) is 11.3. The molecule has 3 N–H and O–H groups in total. The molecule has 1 amide bonds. The SMILES string of the molecule is CC/C=C/C/C=C/C/C=C/CCCCCCC(CC(=O)NC(CO)C(O)CCCCCCCCCCCCCCC)OC(=O)CCCCCCCCC/C=C/C/C=C/CC. The predicted molar refractivity (Wildman–Crippen MR) is 259 cm³/mol. The van der Waals surface area contributed by atoms with E-state index in [1.807, 2.05) is 0 Å². The number of allylic oxidation sites excluding steroid dienone is 10. The Morgan fingerprint density at radius 2 is 0.900 bits per heavy atom. The molecule has 0 saturated carbocycles. The van der Waals surface area contributed by atoms with Gasteiger partial charge in [-0.15, -0.1) is 0 Å². The van der Waals surface area contributed by atoms with Crippen molar-refractivity contribution in [2.75, 3.05) is 6.61 Å². The molecule has 0 aromatic carbocycles. The van der Waals surface area contributed by atoms with Crippen LogP contribution in [0.25, 0.3) is 0 Å². The second-order valence-electron chi connectivity index (χ2n) is 17.2. The molecule has 0 fully saturated rings. The van der Waals surface area contributed by atoms with Crippen LogP contribution in [0.3, 0.4) is 0 Å². The Hall–Kier alpha value is -2.44. The van der Waals surface area contributed by atoms with Crippen LogP contribution in [0, 0.1) is 0 Å². The van der Waals surface area contributed by atoms with E-state index < -0.39 is 18.2 Å². The third kappa shape index (κ3) is 42.3. The fraction of sp³-hybridized carbons (Fsp3) is 0.778. The maximum atomic E-state index is 13.2. The Bertz CT molecular complexity index is 1080. The Kier molecular flexibility index (Phi) is 45.7. The lowest BCUT2D eigenvalue weighted by molar-refractivity contribution is -0.151. The zero-order valence-electron chi connectivity index (χ0n) is 39.6. The second kappa shape index (κ2) is 47.6. The summed E-state index contributed by atoms with van der Waals surface area (Å²) < 4.78 is 5.92. The highest BCUT2D eigenvalue weighted by Gasteiger charge is 2.24. The molecule has 60 heavy (non-hydrogen) atoms. The van der Waals surface area contributed by atoms with E-state index in [2.05, 4.69) is 86.8 Å². The number of aliphatic hydroxyl groups excluding tert-OH is 2. The molecule has 0 aromatic heterocycles. The smallest absolute Gasteiger partial charge is 0.306 e. The van der Waals surface area contributed by atoms with Crippen LogP contribution in [0.15, 0.2) is 60.8 Å². The lowest BCUT2D eigenvalue weighted by Crippen LogP contribution is -2.46. The molecule has 0 heterocycles. The molecule has 0 bridgehead atoms. The summed E-state index contributed by atoms with van der Waals surface area (Å²) in [6.07, 6.45) is 58.5. The van der Waals surface area contributed by atoms with E-state index in [-0.39, 0.29) is 24.9 Å². The monoisotopic (exact) mass is 840 g/mol. The first-order valence-corrected chi connectivity index (χ1v) is 25.5. The van der Waals surface area contributed by atoms with E-state index >= 15 is 0 Å². The van der Waals surface area contributed by atoms with Gasteiger partial charge >= 0.3 is 5.97 Å². The first kappa shape index (κ1) is 57.6. The van der Waals surface area contributed by atoms with Gasteiger partial charge in [-0.25, -0.2) is 0 Å². The number of aliphatic hydroxyl groups is 2. The van der Waals surface area contributed by atoms with Crippen molar-refractivity contribution in [3.8, 4) is 0 Å². The molecule has 0 radical (unpaired) electrons. The average Bonchev–Trinajstić information content (AvgIpc) is 3.24. The van der Waals surface area contributed by atoms with Crippen molar-refractivity contribution in [3.05, 3.63) is 60.8 Å². The number of carbonyl (C=O) groups is 2. The van der Waals surface area contributed by atoms with Crippen LogP contribution < -0.4 is 5.32 Å². The Balaban J connectivity index is 4.62. The molecule has 3 atom stereocenters. The molecule has 0 aliphatic heterocycles. The topological polar surface area (TPSA) is 95.9 Å². The minimum atomic E-state index is -0.796. The van der Waals surface area contributed by atoms with Crippen LogP contribution in [0.4, 0.5) is 0 Å². The van der Waals surface area contributed by atoms with Gasteiger partial charge in [-0.2, -0.15) is 0 Å². The summed E-state index contributed by atoms with van der Waals surface area (Å²) in [6.45, 7) is 6.26. The molecule has 0 saturated heterocycles.